The monoisotopic (exact) mass is 286 g/mol. The van der Waals surface area contributed by atoms with E-state index in [-0.39, 0.29) is 23.8 Å². The standard InChI is InChI=1S/C14H26N2O4/c1-14(2,5-6-15)4-3-12(17)16-7-8-20-10-11(16)9-13(18)19/h11H,3-10,15H2,1-2H3,(H,18,19). The van der Waals surface area contributed by atoms with Crippen molar-refractivity contribution in [2.24, 2.45) is 11.1 Å². The van der Waals surface area contributed by atoms with Gasteiger partial charge in [0.1, 0.15) is 0 Å². The zero-order valence-electron chi connectivity index (χ0n) is 12.4. The quantitative estimate of drug-likeness (QED) is 0.723. The van der Waals surface area contributed by atoms with Gasteiger partial charge in [0.05, 0.1) is 25.7 Å². The molecule has 0 spiro atoms. The molecule has 0 saturated carbocycles. The molecule has 1 heterocycles. The van der Waals surface area contributed by atoms with Crippen molar-refractivity contribution in [3.05, 3.63) is 0 Å². The number of hydrogen-bond donors (Lipinski definition) is 2. The minimum absolute atomic E-state index is 0.0182. The zero-order chi connectivity index (χ0) is 15.2. The molecule has 6 heteroatoms. The summed E-state index contributed by atoms with van der Waals surface area (Å²) in [6, 6.07) is -0.341. The highest BCUT2D eigenvalue weighted by atomic mass is 16.5. The fourth-order valence-electron chi connectivity index (χ4n) is 2.46. The van der Waals surface area contributed by atoms with Gasteiger partial charge in [0.2, 0.25) is 5.91 Å². The molecule has 0 bridgehead atoms. The Bertz CT molecular complexity index is 344. The summed E-state index contributed by atoms with van der Waals surface area (Å²) in [6.07, 6.45) is 2.02. The summed E-state index contributed by atoms with van der Waals surface area (Å²) < 4.78 is 5.27. The topological polar surface area (TPSA) is 92.9 Å². The molecule has 1 aliphatic rings. The van der Waals surface area contributed by atoms with Crippen molar-refractivity contribution in [3.63, 3.8) is 0 Å². The Morgan fingerprint density at radius 1 is 1.40 bits per heavy atom. The lowest BCUT2D eigenvalue weighted by atomic mass is 9.84. The second kappa shape index (κ2) is 7.59. The molecule has 6 nitrogen and oxygen atoms in total. The first-order valence-corrected chi connectivity index (χ1v) is 7.15. The second-order valence-electron chi connectivity index (χ2n) is 6.12. The predicted octanol–water partition coefficient (Wildman–Crippen LogP) is 0.844. The SMILES string of the molecule is CC(C)(CCN)CCC(=O)N1CCOCC1CC(=O)O. The van der Waals surface area contributed by atoms with E-state index in [1.165, 1.54) is 0 Å². The summed E-state index contributed by atoms with van der Waals surface area (Å²) in [5, 5.41) is 8.89. The summed E-state index contributed by atoms with van der Waals surface area (Å²) in [5.74, 6) is -0.883. The highest BCUT2D eigenvalue weighted by Crippen LogP contribution is 2.26. The molecular formula is C14H26N2O4. The van der Waals surface area contributed by atoms with Gasteiger partial charge in [-0.3, -0.25) is 9.59 Å². The number of amides is 1. The first-order valence-electron chi connectivity index (χ1n) is 7.15. The maximum absolute atomic E-state index is 12.3. The molecule has 1 saturated heterocycles. The lowest BCUT2D eigenvalue weighted by molar-refractivity contribution is -0.146. The third-order valence-electron chi connectivity index (χ3n) is 3.79. The largest absolute Gasteiger partial charge is 0.481 e. The average molecular weight is 286 g/mol. The Balaban J connectivity index is 2.53. The number of nitrogens with zero attached hydrogens (tertiary/aromatic N) is 1. The van der Waals surface area contributed by atoms with Crippen molar-refractivity contribution in [3.8, 4) is 0 Å². The highest BCUT2D eigenvalue weighted by molar-refractivity contribution is 5.77. The van der Waals surface area contributed by atoms with E-state index in [4.69, 9.17) is 15.6 Å². The van der Waals surface area contributed by atoms with E-state index in [9.17, 15) is 9.59 Å². The van der Waals surface area contributed by atoms with Crippen molar-refractivity contribution in [1.82, 2.24) is 4.90 Å². The lowest BCUT2D eigenvalue weighted by Gasteiger charge is -2.35. The van der Waals surface area contributed by atoms with Crippen LogP contribution in [0.4, 0.5) is 0 Å². The number of carbonyl (C=O) groups excluding carboxylic acids is 1. The number of morpholine rings is 1. The molecule has 0 aromatic carbocycles. The highest BCUT2D eigenvalue weighted by Gasteiger charge is 2.30. The number of carboxylic acids is 1. The van der Waals surface area contributed by atoms with Crippen LogP contribution in [0.2, 0.25) is 0 Å². The van der Waals surface area contributed by atoms with Gasteiger partial charge in [0.15, 0.2) is 0 Å². The molecule has 0 aromatic rings. The summed E-state index contributed by atoms with van der Waals surface area (Å²) in [5.41, 5.74) is 5.60. The van der Waals surface area contributed by atoms with Gasteiger partial charge in [-0.15, -0.1) is 0 Å². The van der Waals surface area contributed by atoms with E-state index in [0.29, 0.717) is 32.7 Å². The number of carboxylic acid groups (broad SMARTS) is 1. The first-order chi connectivity index (χ1) is 9.35. The predicted molar refractivity (Wildman–Crippen MR) is 75.3 cm³/mol. The number of rotatable bonds is 7. The van der Waals surface area contributed by atoms with Gasteiger partial charge < -0.3 is 20.5 Å². The molecule has 0 aliphatic carbocycles. The van der Waals surface area contributed by atoms with E-state index < -0.39 is 5.97 Å². The van der Waals surface area contributed by atoms with Gasteiger partial charge in [-0.1, -0.05) is 13.8 Å². The van der Waals surface area contributed by atoms with E-state index in [1.54, 1.807) is 4.90 Å². The smallest absolute Gasteiger partial charge is 0.305 e. The van der Waals surface area contributed by atoms with E-state index >= 15 is 0 Å². The van der Waals surface area contributed by atoms with Crippen LogP contribution in [0, 0.1) is 5.41 Å². The molecule has 0 radical (unpaired) electrons. The molecule has 116 valence electrons. The molecule has 3 N–H and O–H groups in total. The van der Waals surface area contributed by atoms with Gasteiger partial charge in [-0.05, 0) is 24.8 Å². The van der Waals surface area contributed by atoms with Gasteiger partial charge in [0.25, 0.3) is 0 Å². The maximum Gasteiger partial charge on any atom is 0.305 e. The molecule has 1 rings (SSSR count). The summed E-state index contributed by atoms with van der Waals surface area (Å²) in [6.45, 7) is 6.08. The van der Waals surface area contributed by atoms with Crippen LogP contribution in [-0.2, 0) is 14.3 Å². The lowest BCUT2D eigenvalue weighted by Crippen LogP contribution is -2.49. The van der Waals surface area contributed by atoms with E-state index in [1.807, 2.05) is 0 Å². The summed E-state index contributed by atoms with van der Waals surface area (Å²) in [4.78, 5) is 24.8. The number of nitrogens with two attached hydrogens (primary N) is 1. The van der Waals surface area contributed by atoms with Gasteiger partial charge >= 0.3 is 5.97 Å². The van der Waals surface area contributed by atoms with Gasteiger partial charge in [-0.2, -0.15) is 0 Å². The van der Waals surface area contributed by atoms with Crippen molar-refractivity contribution in [1.29, 1.82) is 0 Å². The molecule has 1 unspecified atom stereocenters. The van der Waals surface area contributed by atoms with E-state index in [0.717, 1.165) is 12.8 Å². The van der Waals surface area contributed by atoms with Crippen LogP contribution in [0.1, 0.15) is 39.5 Å². The summed E-state index contributed by atoms with van der Waals surface area (Å²) >= 11 is 0. The number of ether oxygens (including phenoxy) is 1. The summed E-state index contributed by atoms with van der Waals surface area (Å²) in [7, 11) is 0. The van der Waals surface area contributed by atoms with Crippen molar-refractivity contribution in [2.75, 3.05) is 26.3 Å². The molecule has 1 aliphatic heterocycles. The molecule has 0 aromatic heterocycles. The Kier molecular flexibility index (Phi) is 6.42. The Morgan fingerprint density at radius 2 is 2.10 bits per heavy atom. The molecule has 1 fully saturated rings. The van der Waals surface area contributed by atoms with Gasteiger partial charge in [0, 0.05) is 13.0 Å². The van der Waals surface area contributed by atoms with Crippen LogP contribution >= 0.6 is 0 Å². The second-order valence-corrected chi connectivity index (χ2v) is 6.12. The minimum Gasteiger partial charge on any atom is -0.481 e. The van der Waals surface area contributed by atoms with Crippen molar-refractivity contribution in [2.45, 2.75) is 45.6 Å². The molecule has 1 atom stereocenters. The zero-order valence-corrected chi connectivity index (χ0v) is 12.4. The molecule has 1 amide bonds. The number of aliphatic carboxylic acids is 1. The fraction of sp³-hybridized carbons (Fsp3) is 0.857. The van der Waals surface area contributed by atoms with Crippen LogP contribution in [-0.4, -0.2) is 54.2 Å². The minimum atomic E-state index is -0.901. The molecule has 20 heavy (non-hydrogen) atoms. The van der Waals surface area contributed by atoms with Crippen LogP contribution in [0.5, 0.6) is 0 Å². The van der Waals surface area contributed by atoms with Crippen LogP contribution in [0.25, 0.3) is 0 Å². The average Bonchev–Trinajstić information content (AvgIpc) is 2.36. The normalized spacial score (nSPS) is 19.9. The molecular weight excluding hydrogens is 260 g/mol. The third kappa shape index (κ3) is 5.46. The Morgan fingerprint density at radius 3 is 2.70 bits per heavy atom. The van der Waals surface area contributed by atoms with E-state index in [2.05, 4.69) is 13.8 Å². The van der Waals surface area contributed by atoms with Crippen molar-refractivity contribution < 1.29 is 19.4 Å². The Labute approximate surface area is 120 Å². The fourth-order valence-corrected chi connectivity index (χ4v) is 2.46. The first kappa shape index (κ1) is 16.9. The van der Waals surface area contributed by atoms with Crippen LogP contribution in [0.3, 0.4) is 0 Å². The van der Waals surface area contributed by atoms with Crippen LogP contribution < -0.4 is 5.73 Å². The number of hydrogen-bond acceptors (Lipinski definition) is 4. The van der Waals surface area contributed by atoms with Crippen LogP contribution in [0.15, 0.2) is 0 Å². The van der Waals surface area contributed by atoms with Crippen molar-refractivity contribution >= 4 is 11.9 Å². The number of carbonyl (C=O) groups is 2. The van der Waals surface area contributed by atoms with Gasteiger partial charge in [-0.25, -0.2) is 0 Å². The Hall–Kier alpha value is -1.14. The maximum atomic E-state index is 12.3. The third-order valence-corrected chi connectivity index (χ3v) is 3.79.